The minimum atomic E-state index is -0.960. The lowest BCUT2D eigenvalue weighted by Crippen LogP contribution is -2.42. The summed E-state index contributed by atoms with van der Waals surface area (Å²) in [7, 11) is 0. The molecule has 0 bridgehead atoms. The van der Waals surface area contributed by atoms with Gasteiger partial charge in [-0.3, -0.25) is 4.99 Å². The van der Waals surface area contributed by atoms with Gasteiger partial charge in [0.05, 0.1) is 18.9 Å². The van der Waals surface area contributed by atoms with Crippen LogP contribution >= 0.6 is 0 Å². The van der Waals surface area contributed by atoms with Crippen LogP contribution in [-0.4, -0.2) is 35.1 Å². The summed E-state index contributed by atoms with van der Waals surface area (Å²) in [4.78, 5) is 12.9. The van der Waals surface area contributed by atoms with Gasteiger partial charge in [-0.15, -0.1) is 0 Å². The molecule has 0 aliphatic carbocycles. The lowest BCUT2D eigenvalue weighted by atomic mass is 9.80. The molecule has 2 N–H and O–H groups in total. The third-order valence-corrected chi connectivity index (χ3v) is 5.25. The Kier molecular flexibility index (Phi) is 4.59. The Labute approximate surface area is 178 Å². The van der Waals surface area contributed by atoms with Crippen molar-refractivity contribution in [1.29, 1.82) is 0 Å². The summed E-state index contributed by atoms with van der Waals surface area (Å²) < 4.78 is 32.1. The van der Waals surface area contributed by atoms with E-state index in [0.29, 0.717) is 34.3 Å². The highest BCUT2D eigenvalue weighted by Gasteiger charge is 2.45. The molecule has 7 nitrogen and oxygen atoms in total. The van der Waals surface area contributed by atoms with E-state index in [0.717, 1.165) is 11.1 Å². The first-order valence-corrected chi connectivity index (χ1v) is 9.99. The number of rotatable bonds is 3. The van der Waals surface area contributed by atoms with Gasteiger partial charge < -0.3 is 19.9 Å². The van der Waals surface area contributed by atoms with E-state index in [1.165, 1.54) is 6.20 Å². The van der Waals surface area contributed by atoms with Gasteiger partial charge in [0.25, 0.3) is 0 Å². The van der Waals surface area contributed by atoms with E-state index in [2.05, 4.69) is 9.97 Å². The summed E-state index contributed by atoms with van der Waals surface area (Å²) in [5.41, 5.74) is 7.66. The van der Waals surface area contributed by atoms with Gasteiger partial charge in [-0.2, -0.15) is 4.39 Å². The fourth-order valence-electron chi connectivity index (χ4n) is 4.00. The maximum Gasteiger partial charge on any atom is 0.220 e. The first-order chi connectivity index (χ1) is 15.0. The molecule has 158 valence electrons. The van der Waals surface area contributed by atoms with Crippen molar-refractivity contribution >= 4 is 5.84 Å². The first kappa shape index (κ1) is 19.4. The summed E-state index contributed by atoms with van der Waals surface area (Å²) in [6, 6.07) is 10.6. The van der Waals surface area contributed by atoms with Crippen LogP contribution in [-0.2, 0) is 10.3 Å². The van der Waals surface area contributed by atoms with Crippen molar-refractivity contribution in [2.75, 3.05) is 13.2 Å². The molecule has 8 heteroatoms. The van der Waals surface area contributed by atoms with Crippen LogP contribution in [0.15, 0.2) is 53.8 Å². The highest BCUT2D eigenvalue weighted by Crippen LogP contribution is 2.51. The number of hydrogen-bond acceptors (Lipinski definition) is 7. The Balaban J connectivity index is 1.73. The molecule has 1 atom stereocenters. The Morgan fingerprint density at radius 2 is 1.97 bits per heavy atom. The highest BCUT2D eigenvalue weighted by molar-refractivity contribution is 5.84. The van der Waals surface area contributed by atoms with E-state index in [1.807, 2.05) is 19.9 Å². The summed E-state index contributed by atoms with van der Waals surface area (Å²) >= 11 is 0. The minimum Gasteiger partial charge on any atom is -0.475 e. The number of halogens is 1. The van der Waals surface area contributed by atoms with E-state index < -0.39 is 11.5 Å². The molecule has 0 radical (unpaired) electrons. The number of ether oxygens (including phenoxy) is 3. The molecule has 2 aliphatic rings. The van der Waals surface area contributed by atoms with Gasteiger partial charge in [-0.05, 0) is 43.7 Å². The molecular formula is C23H21FN4O3. The number of nitrogens with two attached hydrogens (primary N) is 1. The maximum atomic E-state index is 14.4. The van der Waals surface area contributed by atoms with E-state index in [9.17, 15) is 4.39 Å². The van der Waals surface area contributed by atoms with Gasteiger partial charge in [-0.1, -0.05) is 6.07 Å². The Morgan fingerprint density at radius 1 is 1.13 bits per heavy atom. The van der Waals surface area contributed by atoms with Crippen molar-refractivity contribution in [3.8, 4) is 28.5 Å². The SMILES string of the molecule is CC(C)Oc1cc2c(cn1)Oc1ccc(-c3cccnc3F)cc1[C@@]21COCC(N)=N1. The van der Waals surface area contributed by atoms with Gasteiger partial charge in [-0.25, -0.2) is 9.97 Å². The third kappa shape index (κ3) is 3.29. The summed E-state index contributed by atoms with van der Waals surface area (Å²) in [6.45, 7) is 4.35. The van der Waals surface area contributed by atoms with Gasteiger partial charge in [0.1, 0.15) is 23.7 Å². The number of amidine groups is 1. The largest absolute Gasteiger partial charge is 0.475 e. The number of fused-ring (bicyclic) bond motifs is 4. The molecule has 0 amide bonds. The normalized spacial score (nSPS) is 19.4. The zero-order valence-corrected chi connectivity index (χ0v) is 17.1. The van der Waals surface area contributed by atoms with Crippen LogP contribution in [0.1, 0.15) is 25.0 Å². The van der Waals surface area contributed by atoms with Crippen LogP contribution in [0.5, 0.6) is 17.4 Å². The second kappa shape index (κ2) is 7.31. The molecule has 31 heavy (non-hydrogen) atoms. The van der Waals surface area contributed by atoms with Crippen LogP contribution in [0.3, 0.4) is 0 Å². The van der Waals surface area contributed by atoms with E-state index in [-0.39, 0.29) is 19.3 Å². The second-order valence-electron chi connectivity index (χ2n) is 7.80. The molecule has 2 aliphatic heterocycles. The fraction of sp³-hybridized carbons (Fsp3) is 0.261. The molecule has 0 saturated carbocycles. The first-order valence-electron chi connectivity index (χ1n) is 9.99. The van der Waals surface area contributed by atoms with Crippen LogP contribution in [0, 0.1) is 5.95 Å². The zero-order valence-electron chi connectivity index (χ0n) is 17.1. The smallest absolute Gasteiger partial charge is 0.220 e. The molecule has 5 rings (SSSR count). The molecule has 1 spiro atoms. The number of benzene rings is 1. The predicted molar refractivity (Wildman–Crippen MR) is 113 cm³/mol. The van der Waals surface area contributed by atoms with Crippen LogP contribution < -0.4 is 15.2 Å². The molecule has 0 unspecified atom stereocenters. The van der Waals surface area contributed by atoms with Crippen molar-refractivity contribution < 1.29 is 18.6 Å². The second-order valence-corrected chi connectivity index (χ2v) is 7.80. The molecule has 1 aromatic carbocycles. The van der Waals surface area contributed by atoms with Crippen molar-refractivity contribution in [3.05, 3.63) is 65.9 Å². The predicted octanol–water partition coefficient (Wildman–Crippen LogP) is 3.81. The fourth-order valence-corrected chi connectivity index (χ4v) is 4.00. The summed E-state index contributed by atoms with van der Waals surface area (Å²) in [6.07, 6.45) is 2.99. The maximum absolute atomic E-state index is 14.4. The topological polar surface area (TPSA) is 91.8 Å². The molecule has 0 fully saturated rings. The van der Waals surface area contributed by atoms with Crippen LogP contribution in [0.4, 0.5) is 4.39 Å². The Morgan fingerprint density at radius 3 is 2.74 bits per heavy atom. The van der Waals surface area contributed by atoms with Crippen molar-refractivity contribution in [2.24, 2.45) is 10.7 Å². The molecule has 4 heterocycles. The van der Waals surface area contributed by atoms with Crippen molar-refractivity contribution in [1.82, 2.24) is 9.97 Å². The third-order valence-electron chi connectivity index (χ3n) is 5.25. The average Bonchev–Trinajstić information content (AvgIpc) is 2.74. The zero-order chi connectivity index (χ0) is 21.6. The lowest BCUT2D eigenvalue weighted by molar-refractivity contribution is 0.109. The van der Waals surface area contributed by atoms with Gasteiger partial charge in [0, 0.05) is 29.0 Å². The van der Waals surface area contributed by atoms with Gasteiger partial charge >= 0.3 is 0 Å². The highest BCUT2D eigenvalue weighted by atomic mass is 19.1. The number of hydrogen-bond donors (Lipinski definition) is 1. The molecular weight excluding hydrogens is 399 g/mol. The monoisotopic (exact) mass is 420 g/mol. The van der Waals surface area contributed by atoms with E-state index in [4.69, 9.17) is 24.9 Å². The Hall–Kier alpha value is -3.52. The van der Waals surface area contributed by atoms with E-state index >= 15 is 0 Å². The molecule has 3 aromatic rings. The lowest BCUT2D eigenvalue weighted by Gasteiger charge is -2.39. The minimum absolute atomic E-state index is 0.0466. The van der Waals surface area contributed by atoms with Crippen LogP contribution in [0.2, 0.25) is 0 Å². The molecule has 2 aromatic heterocycles. The van der Waals surface area contributed by atoms with Gasteiger partial charge in [0.15, 0.2) is 5.75 Å². The van der Waals surface area contributed by atoms with Crippen molar-refractivity contribution in [2.45, 2.75) is 25.5 Å². The quantitative estimate of drug-likeness (QED) is 0.648. The average molecular weight is 420 g/mol. The Bertz CT molecular complexity index is 1200. The van der Waals surface area contributed by atoms with Crippen LogP contribution in [0.25, 0.3) is 11.1 Å². The standard InChI is InChI=1S/C23H21FN4O3/c1-13(2)30-21-9-17-19(10-27-21)31-18-6-5-14(15-4-3-7-26-22(15)24)8-16(18)23(17)12-29-11-20(25)28-23/h3-10,13H,11-12H2,1-2H3,(H2,25,28)/t23-/m0/s1. The summed E-state index contributed by atoms with van der Waals surface area (Å²) in [5.74, 6) is 1.40. The van der Waals surface area contributed by atoms with Gasteiger partial charge in [0.2, 0.25) is 11.8 Å². The summed E-state index contributed by atoms with van der Waals surface area (Å²) in [5, 5.41) is 0. The number of aliphatic imine (C=N–C) groups is 1. The van der Waals surface area contributed by atoms with Crippen molar-refractivity contribution in [3.63, 3.8) is 0 Å². The number of nitrogens with zero attached hydrogens (tertiary/aromatic N) is 3. The van der Waals surface area contributed by atoms with E-state index in [1.54, 1.807) is 36.5 Å². The number of aromatic nitrogens is 2. The number of pyridine rings is 2. The molecule has 0 saturated heterocycles.